The van der Waals surface area contributed by atoms with Crippen LogP contribution in [0.15, 0.2) is 53.9 Å². The monoisotopic (exact) mass is 357 g/mol. The highest BCUT2D eigenvalue weighted by Crippen LogP contribution is 2.24. The van der Waals surface area contributed by atoms with Crippen LogP contribution in [0, 0.1) is 0 Å². The molecule has 1 amide bonds. The minimum atomic E-state index is -0.216. The normalized spacial score (nSPS) is 10.4. The van der Waals surface area contributed by atoms with Crippen LogP contribution < -0.4 is 10.6 Å². The van der Waals surface area contributed by atoms with Crippen LogP contribution in [-0.4, -0.2) is 10.9 Å². The predicted octanol–water partition coefficient (Wildman–Crippen LogP) is 5.35. The fraction of sp³-hybridized carbons (Fsp3) is 0.111. The molecule has 0 aliphatic heterocycles. The first kappa shape index (κ1) is 16.5. The number of aromatic nitrogens is 1. The van der Waals surface area contributed by atoms with Gasteiger partial charge in [0.1, 0.15) is 5.69 Å². The zero-order chi connectivity index (χ0) is 16.9. The Balaban J connectivity index is 1.72. The van der Waals surface area contributed by atoms with Gasteiger partial charge in [0.2, 0.25) is 0 Å². The van der Waals surface area contributed by atoms with Gasteiger partial charge in [0.15, 0.2) is 5.13 Å². The van der Waals surface area contributed by atoms with E-state index >= 15 is 0 Å². The van der Waals surface area contributed by atoms with E-state index in [1.807, 2.05) is 36.4 Å². The van der Waals surface area contributed by atoms with Gasteiger partial charge in [0, 0.05) is 21.8 Å². The Bertz CT molecular complexity index is 863. The van der Waals surface area contributed by atoms with Crippen molar-refractivity contribution in [3.8, 4) is 0 Å². The molecule has 0 bridgehead atoms. The Hall–Kier alpha value is -2.37. The highest BCUT2D eigenvalue weighted by Gasteiger charge is 2.12. The Morgan fingerprint density at radius 1 is 1.21 bits per heavy atom. The number of hydrogen-bond acceptors (Lipinski definition) is 4. The summed E-state index contributed by atoms with van der Waals surface area (Å²) in [5.41, 5.74) is 3.14. The standard InChI is InChI=1S/C18H16ClN3OS/c1-2-12-6-3-4-9-15(12)21-17(23)16-11-24-18(22-16)20-14-8-5-7-13(19)10-14/h3-11H,2H2,1H3,(H,20,22)(H,21,23). The molecule has 1 aromatic heterocycles. The van der Waals surface area contributed by atoms with Gasteiger partial charge in [-0.15, -0.1) is 11.3 Å². The van der Waals surface area contributed by atoms with Crippen molar-refractivity contribution in [3.63, 3.8) is 0 Å². The van der Waals surface area contributed by atoms with Crippen molar-refractivity contribution in [2.45, 2.75) is 13.3 Å². The quantitative estimate of drug-likeness (QED) is 0.646. The summed E-state index contributed by atoms with van der Waals surface area (Å²) in [7, 11) is 0. The number of carbonyl (C=O) groups excluding carboxylic acids is 1. The van der Waals surface area contributed by atoms with Gasteiger partial charge < -0.3 is 10.6 Å². The topological polar surface area (TPSA) is 54.0 Å². The first-order chi connectivity index (χ1) is 11.7. The average molecular weight is 358 g/mol. The van der Waals surface area contributed by atoms with E-state index in [9.17, 15) is 4.79 Å². The van der Waals surface area contributed by atoms with Gasteiger partial charge in [-0.3, -0.25) is 4.79 Å². The van der Waals surface area contributed by atoms with Crippen LogP contribution in [0.3, 0.4) is 0 Å². The van der Waals surface area contributed by atoms with Gasteiger partial charge in [0.25, 0.3) is 5.91 Å². The summed E-state index contributed by atoms with van der Waals surface area (Å²) in [5.74, 6) is -0.216. The molecule has 6 heteroatoms. The molecular formula is C18H16ClN3OS. The maximum atomic E-state index is 12.4. The van der Waals surface area contributed by atoms with Crippen molar-refractivity contribution < 1.29 is 4.79 Å². The molecule has 4 nitrogen and oxygen atoms in total. The van der Waals surface area contributed by atoms with Gasteiger partial charge in [-0.05, 0) is 36.2 Å². The van der Waals surface area contributed by atoms with E-state index in [-0.39, 0.29) is 5.91 Å². The lowest BCUT2D eigenvalue weighted by Gasteiger charge is -2.08. The molecule has 1 heterocycles. The lowest BCUT2D eigenvalue weighted by molar-refractivity contribution is 0.102. The van der Waals surface area contributed by atoms with Crippen molar-refractivity contribution in [2.24, 2.45) is 0 Å². The highest BCUT2D eigenvalue weighted by atomic mass is 35.5. The minimum Gasteiger partial charge on any atom is -0.331 e. The van der Waals surface area contributed by atoms with Crippen LogP contribution in [0.4, 0.5) is 16.5 Å². The second-order valence-corrected chi connectivity index (χ2v) is 6.43. The first-order valence-electron chi connectivity index (χ1n) is 7.53. The van der Waals surface area contributed by atoms with Crippen molar-refractivity contribution >= 4 is 45.4 Å². The third-order valence-corrected chi connectivity index (χ3v) is 4.45. The molecule has 122 valence electrons. The lowest BCUT2D eigenvalue weighted by atomic mass is 10.1. The molecule has 0 aliphatic carbocycles. The van der Waals surface area contributed by atoms with Crippen LogP contribution in [0.25, 0.3) is 0 Å². The van der Waals surface area contributed by atoms with Crippen LogP contribution in [0.1, 0.15) is 23.0 Å². The third-order valence-electron chi connectivity index (χ3n) is 3.46. The number of nitrogens with zero attached hydrogens (tertiary/aromatic N) is 1. The SMILES string of the molecule is CCc1ccccc1NC(=O)c1csc(Nc2cccc(Cl)c2)n1. The number of nitrogens with one attached hydrogen (secondary N) is 2. The van der Waals surface area contributed by atoms with Gasteiger partial charge >= 0.3 is 0 Å². The summed E-state index contributed by atoms with van der Waals surface area (Å²) in [5, 5.41) is 9.09. The molecule has 0 aliphatic rings. The van der Waals surface area contributed by atoms with Crippen LogP contribution in [-0.2, 0) is 6.42 Å². The molecule has 24 heavy (non-hydrogen) atoms. The van der Waals surface area contributed by atoms with E-state index in [1.165, 1.54) is 11.3 Å². The average Bonchev–Trinajstić information content (AvgIpc) is 3.04. The van der Waals surface area contributed by atoms with Crippen molar-refractivity contribution in [1.29, 1.82) is 0 Å². The number of para-hydroxylation sites is 1. The van der Waals surface area contributed by atoms with Gasteiger partial charge in [-0.25, -0.2) is 4.98 Å². The second-order valence-electron chi connectivity index (χ2n) is 5.14. The number of halogens is 1. The fourth-order valence-electron chi connectivity index (χ4n) is 2.26. The molecule has 0 radical (unpaired) electrons. The third kappa shape index (κ3) is 3.93. The number of amides is 1. The second kappa shape index (κ2) is 7.47. The zero-order valence-electron chi connectivity index (χ0n) is 13.0. The molecule has 0 saturated carbocycles. The van der Waals surface area contributed by atoms with Crippen LogP contribution in [0.5, 0.6) is 0 Å². The van der Waals surface area contributed by atoms with Crippen molar-refractivity contribution in [1.82, 2.24) is 4.98 Å². The van der Waals surface area contributed by atoms with E-state index in [4.69, 9.17) is 11.6 Å². The van der Waals surface area contributed by atoms with Crippen molar-refractivity contribution in [3.05, 3.63) is 70.2 Å². The number of benzene rings is 2. The molecule has 2 aromatic carbocycles. The van der Waals surface area contributed by atoms with Gasteiger partial charge in [-0.1, -0.05) is 42.8 Å². The molecule has 3 rings (SSSR count). The van der Waals surface area contributed by atoms with Crippen LogP contribution >= 0.6 is 22.9 Å². The fourth-order valence-corrected chi connectivity index (χ4v) is 3.16. The predicted molar refractivity (Wildman–Crippen MR) is 101 cm³/mol. The Morgan fingerprint density at radius 2 is 2.04 bits per heavy atom. The van der Waals surface area contributed by atoms with E-state index in [1.54, 1.807) is 17.5 Å². The maximum absolute atomic E-state index is 12.4. The molecule has 0 atom stereocenters. The largest absolute Gasteiger partial charge is 0.331 e. The van der Waals surface area contributed by atoms with Crippen LogP contribution in [0.2, 0.25) is 5.02 Å². The molecule has 0 saturated heterocycles. The molecule has 2 N–H and O–H groups in total. The number of thiazole rings is 1. The van der Waals surface area contributed by atoms with E-state index in [0.717, 1.165) is 23.4 Å². The summed E-state index contributed by atoms with van der Waals surface area (Å²) in [6.45, 7) is 2.06. The van der Waals surface area contributed by atoms with Gasteiger partial charge in [-0.2, -0.15) is 0 Å². The molecular weight excluding hydrogens is 342 g/mol. The van der Waals surface area contributed by atoms with E-state index < -0.39 is 0 Å². The summed E-state index contributed by atoms with van der Waals surface area (Å²) in [4.78, 5) is 16.7. The minimum absolute atomic E-state index is 0.216. The van der Waals surface area contributed by atoms with E-state index in [0.29, 0.717) is 15.8 Å². The molecule has 0 unspecified atom stereocenters. The maximum Gasteiger partial charge on any atom is 0.275 e. The number of aryl methyl sites for hydroxylation is 1. The summed E-state index contributed by atoms with van der Waals surface area (Å²) < 4.78 is 0. The highest BCUT2D eigenvalue weighted by molar-refractivity contribution is 7.14. The number of carbonyl (C=O) groups is 1. The first-order valence-corrected chi connectivity index (χ1v) is 8.79. The smallest absolute Gasteiger partial charge is 0.275 e. The zero-order valence-corrected chi connectivity index (χ0v) is 14.6. The number of hydrogen-bond donors (Lipinski definition) is 2. The number of anilines is 3. The van der Waals surface area contributed by atoms with Gasteiger partial charge in [0.05, 0.1) is 0 Å². The summed E-state index contributed by atoms with van der Waals surface area (Å²) in [6, 6.07) is 15.1. The van der Waals surface area contributed by atoms with Crippen molar-refractivity contribution in [2.75, 3.05) is 10.6 Å². The Kier molecular flexibility index (Phi) is 5.13. The molecule has 0 fully saturated rings. The molecule has 0 spiro atoms. The Morgan fingerprint density at radius 3 is 2.83 bits per heavy atom. The summed E-state index contributed by atoms with van der Waals surface area (Å²) >= 11 is 7.34. The Labute approximate surface area is 149 Å². The summed E-state index contributed by atoms with van der Waals surface area (Å²) in [6.07, 6.45) is 0.856. The molecule has 3 aromatic rings. The lowest BCUT2D eigenvalue weighted by Crippen LogP contribution is -2.13. The van der Waals surface area contributed by atoms with E-state index in [2.05, 4.69) is 22.5 Å². The number of rotatable bonds is 5.